The van der Waals surface area contributed by atoms with Crippen LogP contribution in [-0.4, -0.2) is 60.3 Å². The number of fused-ring (bicyclic) bond motifs is 3. The lowest BCUT2D eigenvalue weighted by Gasteiger charge is -2.32. The van der Waals surface area contributed by atoms with Crippen molar-refractivity contribution in [3.63, 3.8) is 0 Å². The molecule has 1 saturated heterocycles. The molecule has 3 heterocycles. The zero-order valence-electron chi connectivity index (χ0n) is 17.0. The second-order valence-corrected chi connectivity index (χ2v) is 9.13. The Morgan fingerprint density at radius 1 is 1.17 bits per heavy atom. The number of aromatic nitrogens is 2. The van der Waals surface area contributed by atoms with E-state index in [0.29, 0.717) is 6.54 Å². The van der Waals surface area contributed by atoms with Crippen molar-refractivity contribution in [2.24, 2.45) is 0 Å². The molecule has 2 aromatic heterocycles. The second kappa shape index (κ2) is 8.01. The number of nitrogens with zero attached hydrogens (tertiary/aromatic N) is 3. The van der Waals surface area contributed by atoms with Crippen molar-refractivity contribution < 1.29 is 4.84 Å². The maximum atomic E-state index is 4.96. The summed E-state index contributed by atoms with van der Waals surface area (Å²) in [4.78, 5) is 12.4. The van der Waals surface area contributed by atoms with Crippen LogP contribution in [0.25, 0.3) is 21.8 Å². The van der Waals surface area contributed by atoms with E-state index < -0.39 is 0 Å². The van der Waals surface area contributed by atoms with Crippen LogP contribution in [0.4, 0.5) is 0 Å². The average molecular weight is 410 g/mol. The predicted molar refractivity (Wildman–Crippen MR) is 117 cm³/mol. The molecule has 2 aliphatic rings. The first-order valence-electron chi connectivity index (χ1n) is 10.2. The first-order valence-corrected chi connectivity index (χ1v) is 11.0. The second-order valence-electron chi connectivity index (χ2n) is 7.96. The largest absolute Gasteiger partial charge is 0.305 e. The summed E-state index contributed by atoms with van der Waals surface area (Å²) in [6.45, 7) is 6.38. The Balaban J connectivity index is 1.34. The number of H-pyrrole nitrogens is 1. The Hall–Kier alpha value is -2.03. The number of hydrogen-bond acceptors (Lipinski definition) is 6. The van der Waals surface area contributed by atoms with Crippen LogP contribution in [0.15, 0.2) is 30.3 Å². The van der Waals surface area contributed by atoms with E-state index in [9.17, 15) is 0 Å². The maximum Gasteiger partial charge on any atom is 0.106 e. The molecule has 3 aromatic rings. The van der Waals surface area contributed by atoms with Crippen LogP contribution in [0.3, 0.4) is 0 Å². The van der Waals surface area contributed by atoms with Gasteiger partial charge >= 0.3 is 0 Å². The number of benzene rings is 1. The van der Waals surface area contributed by atoms with Gasteiger partial charge in [-0.05, 0) is 30.3 Å². The van der Waals surface area contributed by atoms with Gasteiger partial charge in [0.2, 0.25) is 0 Å². The normalized spacial score (nSPS) is 16.9. The minimum atomic E-state index is 0.712. The van der Waals surface area contributed by atoms with E-state index in [-0.39, 0.29) is 0 Å². The summed E-state index contributed by atoms with van der Waals surface area (Å²) in [7, 11) is 3.85. The highest BCUT2D eigenvalue weighted by Gasteiger charge is 2.26. The van der Waals surface area contributed by atoms with E-state index in [2.05, 4.69) is 62.9 Å². The number of nitrogens with one attached hydrogen (secondary N) is 2. The number of hydrogen-bond donors (Lipinski definition) is 2. The molecule has 2 N–H and O–H groups in total. The van der Waals surface area contributed by atoms with Crippen LogP contribution in [0.5, 0.6) is 0 Å². The summed E-state index contributed by atoms with van der Waals surface area (Å²) in [5, 5.41) is 7.94. The van der Waals surface area contributed by atoms with Crippen molar-refractivity contribution in [2.75, 3.05) is 40.3 Å². The van der Waals surface area contributed by atoms with E-state index in [1.165, 1.54) is 37.7 Å². The third-order valence-corrected chi connectivity index (χ3v) is 7.05. The van der Waals surface area contributed by atoms with Gasteiger partial charge in [0.05, 0.1) is 24.2 Å². The van der Waals surface area contributed by atoms with Gasteiger partial charge in [-0.3, -0.25) is 10.00 Å². The first kappa shape index (κ1) is 19.0. The van der Waals surface area contributed by atoms with Gasteiger partial charge in [-0.1, -0.05) is 18.2 Å². The monoisotopic (exact) mass is 409 g/mol. The molecule has 0 amide bonds. The molecule has 1 fully saturated rings. The Kier molecular flexibility index (Phi) is 5.24. The Morgan fingerprint density at radius 3 is 2.86 bits per heavy atom. The quantitative estimate of drug-likeness (QED) is 0.479. The van der Waals surface area contributed by atoms with Gasteiger partial charge in [-0.2, -0.15) is 10.6 Å². The minimum absolute atomic E-state index is 0.712. The summed E-state index contributed by atoms with van der Waals surface area (Å²) >= 11 is 1.77. The lowest BCUT2D eigenvalue weighted by Crippen LogP contribution is -2.43. The van der Waals surface area contributed by atoms with Gasteiger partial charge in [-0.25, -0.2) is 0 Å². The van der Waals surface area contributed by atoms with Gasteiger partial charge in [0.15, 0.2) is 0 Å². The fraction of sp³-hybridized carbons (Fsp3) is 0.409. The summed E-state index contributed by atoms with van der Waals surface area (Å²) in [5.74, 6) is 0. The molecule has 1 aliphatic carbocycles. The van der Waals surface area contributed by atoms with Gasteiger partial charge in [0, 0.05) is 55.1 Å². The van der Waals surface area contributed by atoms with Crippen molar-refractivity contribution in [1.29, 1.82) is 0 Å². The molecule has 6 nitrogen and oxygen atoms in total. The molecule has 5 rings (SSSR count). The van der Waals surface area contributed by atoms with Crippen molar-refractivity contribution in [1.82, 2.24) is 25.5 Å². The van der Waals surface area contributed by atoms with Crippen LogP contribution < -0.4 is 5.48 Å². The van der Waals surface area contributed by atoms with Crippen LogP contribution in [0.1, 0.15) is 21.6 Å². The standard InChI is InChI=1S/C22H27N5OS/c1-26-7-9-27(10-8-26)14-15-3-5-18-16(11-15)12-19-21(18)24-25-22(19)20-6-4-17(29-20)13-23-28-2/h3-6,11,23H,7-10,12-14H2,1-2H3,(H,24,25). The first-order chi connectivity index (χ1) is 14.2. The molecule has 152 valence electrons. The third kappa shape index (κ3) is 3.76. The highest BCUT2D eigenvalue weighted by Crippen LogP contribution is 2.42. The zero-order chi connectivity index (χ0) is 19.8. The predicted octanol–water partition coefficient (Wildman–Crippen LogP) is 3.11. The minimum Gasteiger partial charge on any atom is -0.305 e. The summed E-state index contributed by atoms with van der Waals surface area (Å²) < 4.78 is 0. The van der Waals surface area contributed by atoms with Crippen LogP contribution in [0.2, 0.25) is 0 Å². The number of piperazine rings is 1. The molecule has 29 heavy (non-hydrogen) atoms. The zero-order valence-corrected chi connectivity index (χ0v) is 17.8. The Labute approximate surface area is 175 Å². The summed E-state index contributed by atoms with van der Waals surface area (Å²) in [6, 6.07) is 11.3. The molecule has 0 atom stereocenters. The average Bonchev–Trinajstić information content (AvgIpc) is 3.43. The number of aromatic amines is 1. The van der Waals surface area contributed by atoms with Crippen molar-refractivity contribution in [3.8, 4) is 21.8 Å². The molecular formula is C22H27N5OS. The van der Waals surface area contributed by atoms with Crippen LogP contribution in [0, 0.1) is 0 Å². The lowest BCUT2D eigenvalue weighted by atomic mass is 10.0. The fourth-order valence-electron chi connectivity index (χ4n) is 4.30. The lowest BCUT2D eigenvalue weighted by molar-refractivity contribution is 0.0874. The van der Waals surface area contributed by atoms with Crippen molar-refractivity contribution in [3.05, 3.63) is 51.9 Å². The third-order valence-electron chi connectivity index (χ3n) is 5.96. The molecule has 1 aliphatic heterocycles. The van der Waals surface area contributed by atoms with Gasteiger partial charge in [-0.15, -0.1) is 11.3 Å². The molecule has 0 spiro atoms. The van der Waals surface area contributed by atoms with Gasteiger partial charge in [0.25, 0.3) is 0 Å². The molecule has 0 bridgehead atoms. The van der Waals surface area contributed by atoms with E-state index in [1.807, 2.05) is 0 Å². The number of likely N-dealkylation sites (N-methyl/N-ethyl adjacent to an activating group) is 1. The smallest absolute Gasteiger partial charge is 0.106 e. The molecular weight excluding hydrogens is 382 g/mol. The van der Waals surface area contributed by atoms with E-state index >= 15 is 0 Å². The highest BCUT2D eigenvalue weighted by molar-refractivity contribution is 7.15. The molecule has 0 radical (unpaired) electrons. The van der Waals surface area contributed by atoms with Crippen molar-refractivity contribution >= 4 is 11.3 Å². The molecule has 1 aromatic carbocycles. The van der Waals surface area contributed by atoms with Gasteiger partial charge < -0.3 is 9.74 Å². The SMILES string of the molecule is CONCc1ccc(-c2n[nH]c3c2Cc2cc(CN4CCN(C)CC4)ccc2-3)s1. The topological polar surface area (TPSA) is 56.4 Å². The number of rotatable bonds is 6. The Bertz CT molecular complexity index is 1000. The highest BCUT2D eigenvalue weighted by atomic mass is 32.1. The maximum absolute atomic E-state index is 4.96. The van der Waals surface area contributed by atoms with Crippen LogP contribution >= 0.6 is 11.3 Å². The van der Waals surface area contributed by atoms with E-state index in [4.69, 9.17) is 4.84 Å². The number of hydroxylamine groups is 1. The summed E-state index contributed by atoms with van der Waals surface area (Å²) in [5.41, 5.74) is 10.6. The van der Waals surface area contributed by atoms with Crippen LogP contribution in [-0.2, 0) is 24.3 Å². The van der Waals surface area contributed by atoms with Crippen molar-refractivity contribution in [2.45, 2.75) is 19.5 Å². The fourth-order valence-corrected chi connectivity index (χ4v) is 5.25. The molecule has 0 unspecified atom stereocenters. The van der Waals surface area contributed by atoms with E-state index in [1.54, 1.807) is 18.4 Å². The van der Waals surface area contributed by atoms with E-state index in [0.717, 1.165) is 44.8 Å². The Morgan fingerprint density at radius 2 is 2.03 bits per heavy atom. The van der Waals surface area contributed by atoms with Gasteiger partial charge in [0.1, 0.15) is 5.69 Å². The number of thiophene rings is 1. The molecule has 0 saturated carbocycles. The summed E-state index contributed by atoms with van der Waals surface area (Å²) in [6.07, 6.45) is 0.955. The molecule has 7 heteroatoms.